The molecule has 4 nitrogen and oxygen atoms in total. The van der Waals surface area contributed by atoms with Gasteiger partial charge in [0.2, 0.25) is 0 Å². The Hall–Kier alpha value is -3.92. The maximum Gasteiger partial charge on any atom is 0.149 e. The zero-order chi connectivity index (χ0) is 27.6. The molecule has 0 amide bonds. The van der Waals surface area contributed by atoms with Crippen LogP contribution in [0.5, 0.6) is 0 Å². The van der Waals surface area contributed by atoms with Gasteiger partial charge in [0.15, 0.2) is 0 Å². The molecule has 39 heavy (non-hydrogen) atoms. The lowest BCUT2D eigenvalue weighted by molar-refractivity contribution is 0.586. The van der Waals surface area contributed by atoms with E-state index in [1.165, 1.54) is 22.4 Å². The molecule has 4 heteroatoms. The number of fused-ring (bicyclic) bond motifs is 4. The zero-order valence-corrected chi connectivity index (χ0v) is 24.3. The van der Waals surface area contributed by atoms with E-state index in [9.17, 15) is 0 Å². The second-order valence-electron chi connectivity index (χ2n) is 12.4. The van der Waals surface area contributed by atoms with Crippen molar-refractivity contribution in [3.05, 3.63) is 89.2 Å². The average molecular weight is 516 g/mol. The highest BCUT2D eigenvalue weighted by Crippen LogP contribution is 2.42. The number of furan rings is 1. The van der Waals surface area contributed by atoms with Crippen LogP contribution >= 0.6 is 0 Å². The summed E-state index contributed by atoms with van der Waals surface area (Å²) in [6.07, 6.45) is 1.86. The monoisotopic (exact) mass is 515 g/mol. The van der Waals surface area contributed by atoms with Gasteiger partial charge in [-0.15, -0.1) is 0 Å². The van der Waals surface area contributed by atoms with Crippen molar-refractivity contribution in [3.63, 3.8) is 0 Å². The van der Waals surface area contributed by atoms with Crippen LogP contribution in [0.15, 0.2) is 71.3 Å². The fraction of sp³-hybridized carbons (Fsp3) is 0.314. The highest BCUT2D eigenvalue weighted by atomic mass is 16.3. The molecule has 6 rings (SSSR count). The third kappa shape index (κ3) is 4.05. The lowest BCUT2D eigenvalue weighted by Gasteiger charge is -2.28. The Bertz CT molecular complexity index is 1830. The van der Waals surface area contributed by atoms with Crippen molar-refractivity contribution in [2.45, 2.75) is 72.6 Å². The molecule has 0 saturated heterocycles. The quantitative estimate of drug-likeness (QED) is 0.235. The molecule has 0 spiro atoms. The Labute approximate surface area is 230 Å². The molecule has 0 bridgehead atoms. The number of aryl methyl sites for hydroxylation is 1. The summed E-state index contributed by atoms with van der Waals surface area (Å²) in [5.74, 6) is 1.53. The van der Waals surface area contributed by atoms with E-state index >= 15 is 0 Å². The van der Waals surface area contributed by atoms with E-state index in [2.05, 4.69) is 102 Å². The second kappa shape index (κ2) is 9.08. The first-order valence-electron chi connectivity index (χ1n) is 14.0. The van der Waals surface area contributed by atoms with Gasteiger partial charge in [0, 0.05) is 17.0 Å². The maximum atomic E-state index is 6.51. The van der Waals surface area contributed by atoms with Crippen LogP contribution in [0.1, 0.15) is 82.7 Å². The third-order valence-corrected chi connectivity index (χ3v) is 7.90. The van der Waals surface area contributed by atoms with Crippen molar-refractivity contribution in [2.75, 3.05) is 0 Å². The summed E-state index contributed by atoms with van der Waals surface area (Å²) >= 11 is 0. The molecule has 0 aliphatic heterocycles. The molecule has 3 aromatic heterocycles. The van der Waals surface area contributed by atoms with Gasteiger partial charge >= 0.3 is 0 Å². The largest absolute Gasteiger partial charge is 0.455 e. The fourth-order valence-corrected chi connectivity index (χ4v) is 5.75. The SMILES string of the molecule is Cc1nccc2nc(-c3cccc4c3oc3ccccc34)n(-c3c(C(C)C)cc(C(C)(C)C)cc3C(C)C)c12. The minimum atomic E-state index is 0.0446. The highest BCUT2D eigenvalue weighted by molar-refractivity contribution is 6.09. The Morgan fingerprint density at radius 3 is 2.15 bits per heavy atom. The molecule has 198 valence electrons. The van der Waals surface area contributed by atoms with Gasteiger partial charge in [-0.25, -0.2) is 4.98 Å². The number of hydrogen-bond acceptors (Lipinski definition) is 3. The summed E-state index contributed by atoms with van der Waals surface area (Å²) in [6, 6.07) is 21.5. The zero-order valence-electron chi connectivity index (χ0n) is 24.3. The molecule has 0 fully saturated rings. The van der Waals surface area contributed by atoms with E-state index in [4.69, 9.17) is 14.4 Å². The fourth-order valence-electron chi connectivity index (χ4n) is 5.75. The molecule has 0 saturated carbocycles. The van der Waals surface area contributed by atoms with E-state index in [1.54, 1.807) is 0 Å². The van der Waals surface area contributed by atoms with Gasteiger partial charge in [0.1, 0.15) is 17.0 Å². The number of rotatable bonds is 4. The number of nitrogens with zero attached hydrogens (tertiary/aromatic N) is 3. The first-order valence-corrected chi connectivity index (χ1v) is 14.0. The normalized spacial score (nSPS) is 12.6. The highest BCUT2D eigenvalue weighted by Gasteiger charge is 2.27. The molecule has 3 aromatic carbocycles. The lowest BCUT2D eigenvalue weighted by Crippen LogP contribution is -2.16. The minimum absolute atomic E-state index is 0.0446. The van der Waals surface area contributed by atoms with Gasteiger partial charge < -0.3 is 4.42 Å². The maximum absolute atomic E-state index is 6.51. The summed E-state index contributed by atoms with van der Waals surface area (Å²) in [5.41, 5.74) is 11.0. The molecular formula is C35H37N3O. The molecular weight excluding hydrogens is 478 g/mol. The van der Waals surface area contributed by atoms with Crippen LogP contribution in [0.25, 0.3) is 50.0 Å². The average Bonchev–Trinajstić information content (AvgIpc) is 3.46. The summed E-state index contributed by atoms with van der Waals surface area (Å²) in [6.45, 7) is 18.1. The Balaban J connectivity index is 1.79. The number of hydrogen-bond donors (Lipinski definition) is 0. The van der Waals surface area contributed by atoms with Crippen LogP contribution in [-0.4, -0.2) is 14.5 Å². The van der Waals surface area contributed by atoms with Crippen molar-refractivity contribution < 1.29 is 4.42 Å². The van der Waals surface area contributed by atoms with Crippen molar-refractivity contribution in [1.82, 2.24) is 14.5 Å². The van der Waals surface area contributed by atoms with Crippen LogP contribution in [0.4, 0.5) is 0 Å². The van der Waals surface area contributed by atoms with E-state index in [0.29, 0.717) is 11.8 Å². The van der Waals surface area contributed by atoms with E-state index < -0.39 is 0 Å². The van der Waals surface area contributed by atoms with Crippen LogP contribution in [0, 0.1) is 6.92 Å². The Morgan fingerprint density at radius 1 is 0.821 bits per heavy atom. The Kier molecular flexibility index (Phi) is 5.91. The predicted molar refractivity (Wildman–Crippen MR) is 163 cm³/mol. The van der Waals surface area contributed by atoms with Crippen LogP contribution in [0.2, 0.25) is 0 Å². The summed E-state index contributed by atoms with van der Waals surface area (Å²) in [7, 11) is 0. The number of aromatic nitrogens is 3. The molecule has 0 radical (unpaired) electrons. The van der Waals surface area contributed by atoms with E-state index in [-0.39, 0.29) is 5.41 Å². The molecule has 0 unspecified atom stereocenters. The molecule has 0 N–H and O–H groups in total. The number of benzene rings is 3. The van der Waals surface area contributed by atoms with Gasteiger partial charge in [0.05, 0.1) is 28.0 Å². The van der Waals surface area contributed by atoms with Crippen LogP contribution in [0.3, 0.4) is 0 Å². The van der Waals surface area contributed by atoms with E-state index in [0.717, 1.165) is 50.1 Å². The molecule has 0 atom stereocenters. The van der Waals surface area contributed by atoms with Gasteiger partial charge in [0.25, 0.3) is 0 Å². The summed E-state index contributed by atoms with van der Waals surface area (Å²) in [5, 5.41) is 2.22. The van der Waals surface area contributed by atoms with E-state index in [1.807, 2.05) is 24.4 Å². The van der Waals surface area contributed by atoms with Crippen LogP contribution in [-0.2, 0) is 5.41 Å². The molecule has 3 heterocycles. The van der Waals surface area contributed by atoms with Gasteiger partial charge in [-0.1, -0.05) is 90.9 Å². The molecule has 0 aliphatic rings. The van der Waals surface area contributed by atoms with Crippen molar-refractivity contribution in [1.29, 1.82) is 0 Å². The molecule has 6 aromatic rings. The lowest BCUT2D eigenvalue weighted by atomic mass is 9.81. The third-order valence-electron chi connectivity index (χ3n) is 7.90. The number of pyridine rings is 1. The van der Waals surface area contributed by atoms with Crippen molar-refractivity contribution in [2.24, 2.45) is 0 Å². The first-order chi connectivity index (χ1) is 18.6. The topological polar surface area (TPSA) is 43.9 Å². The van der Waals surface area contributed by atoms with Crippen molar-refractivity contribution >= 4 is 33.0 Å². The summed E-state index contributed by atoms with van der Waals surface area (Å²) < 4.78 is 8.88. The van der Waals surface area contributed by atoms with Crippen molar-refractivity contribution in [3.8, 4) is 17.1 Å². The predicted octanol–water partition coefficient (Wildman–Crippen LogP) is 9.84. The van der Waals surface area contributed by atoms with Gasteiger partial charge in [-0.2, -0.15) is 0 Å². The number of para-hydroxylation sites is 2. The second-order valence-corrected chi connectivity index (χ2v) is 12.4. The molecule has 0 aliphatic carbocycles. The van der Waals surface area contributed by atoms with Crippen LogP contribution < -0.4 is 0 Å². The smallest absolute Gasteiger partial charge is 0.149 e. The number of imidazole rings is 1. The standard InChI is InChI=1S/C35H37N3O/c1-20(2)27-18-23(35(6,7)8)19-28(21(3)4)32(27)38-31-22(5)36-17-16-29(31)37-34(38)26-14-11-13-25-24-12-9-10-15-30(24)39-33(25)26/h9-21H,1-8H3. The first kappa shape index (κ1) is 25.4. The van der Waals surface area contributed by atoms with Gasteiger partial charge in [-0.05, 0) is 59.1 Å². The Morgan fingerprint density at radius 2 is 1.49 bits per heavy atom. The van der Waals surface area contributed by atoms with Gasteiger partial charge in [-0.3, -0.25) is 9.55 Å². The summed E-state index contributed by atoms with van der Waals surface area (Å²) in [4.78, 5) is 9.99. The minimum Gasteiger partial charge on any atom is -0.455 e.